The van der Waals surface area contributed by atoms with Gasteiger partial charge in [0.05, 0.1) is 4.32 Å². The second-order valence-electron chi connectivity index (χ2n) is 4.57. The van der Waals surface area contributed by atoms with E-state index in [9.17, 15) is 4.79 Å². The van der Waals surface area contributed by atoms with Crippen LogP contribution in [0.2, 0.25) is 0 Å². The van der Waals surface area contributed by atoms with Crippen molar-refractivity contribution in [2.45, 2.75) is 70.2 Å². The van der Waals surface area contributed by atoms with Crippen molar-refractivity contribution >= 4 is 21.8 Å². The molecule has 0 heterocycles. The minimum Gasteiger partial charge on any atom is -0.352 e. The van der Waals surface area contributed by atoms with E-state index in [0.717, 1.165) is 19.3 Å². The van der Waals surface area contributed by atoms with Crippen molar-refractivity contribution in [2.75, 3.05) is 0 Å². The molecule has 0 saturated carbocycles. The Bertz CT molecular complexity index is 187. The largest absolute Gasteiger partial charge is 0.352 e. The van der Waals surface area contributed by atoms with Crippen molar-refractivity contribution in [3.63, 3.8) is 0 Å². The average Bonchev–Trinajstić information content (AvgIpc) is 2.13. The third-order valence-corrected chi connectivity index (χ3v) is 2.78. The Morgan fingerprint density at radius 1 is 1.27 bits per heavy atom. The fraction of sp³-hybridized carbons (Fsp3) is 0.917. The van der Waals surface area contributed by atoms with Gasteiger partial charge in [-0.2, -0.15) is 0 Å². The van der Waals surface area contributed by atoms with E-state index in [0.29, 0.717) is 6.04 Å². The minimum atomic E-state index is -0.453. The fourth-order valence-corrected chi connectivity index (χ4v) is 1.56. The van der Waals surface area contributed by atoms with Gasteiger partial charge in [-0.3, -0.25) is 4.79 Å². The highest BCUT2D eigenvalue weighted by molar-refractivity contribution is 9.10. The Balaban J connectivity index is 4.09. The summed E-state index contributed by atoms with van der Waals surface area (Å²) in [4.78, 5) is 11.8. The summed E-state index contributed by atoms with van der Waals surface area (Å²) < 4.78 is -0.453. The lowest BCUT2D eigenvalue weighted by Gasteiger charge is -2.23. The van der Waals surface area contributed by atoms with Crippen LogP contribution in [0.25, 0.3) is 0 Å². The van der Waals surface area contributed by atoms with Gasteiger partial charge in [0, 0.05) is 6.04 Å². The van der Waals surface area contributed by atoms with E-state index in [1.807, 2.05) is 13.8 Å². The minimum absolute atomic E-state index is 0.0945. The number of nitrogens with one attached hydrogen (secondary N) is 1. The van der Waals surface area contributed by atoms with Crippen LogP contribution in [0.1, 0.15) is 59.8 Å². The lowest BCUT2D eigenvalue weighted by Crippen LogP contribution is -2.43. The van der Waals surface area contributed by atoms with Crippen LogP contribution in [0.5, 0.6) is 0 Å². The normalized spacial score (nSPS) is 13.7. The highest BCUT2D eigenvalue weighted by Gasteiger charge is 2.25. The molecule has 0 bridgehead atoms. The first-order valence-corrected chi connectivity index (χ1v) is 6.71. The molecule has 0 saturated heterocycles. The van der Waals surface area contributed by atoms with Gasteiger partial charge < -0.3 is 5.32 Å². The van der Waals surface area contributed by atoms with Gasteiger partial charge in [0.25, 0.3) is 0 Å². The number of hydrogen-bond donors (Lipinski definition) is 1. The summed E-state index contributed by atoms with van der Waals surface area (Å²) in [5.41, 5.74) is 0. The van der Waals surface area contributed by atoms with Crippen LogP contribution in [0.3, 0.4) is 0 Å². The summed E-state index contributed by atoms with van der Waals surface area (Å²) >= 11 is 3.38. The number of unbranched alkanes of at least 4 members (excludes halogenated alkanes) is 1. The Morgan fingerprint density at radius 2 is 1.87 bits per heavy atom. The van der Waals surface area contributed by atoms with Crippen LogP contribution < -0.4 is 5.32 Å². The summed E-state index contributed by atoms with van der Waals surface area (Å²) in [6.45, 7) is 8.10. The van der Waals surface area contributed by atoms with Crippen molar-refractivity contribution in [2.24, 2.45) is 0 Å². The Morgan fingerprint density at radius 3 is 2.27 bits per heavy atom. The van der Waals surface area contributed by atoms with Gasteiger partial charge in [0.1, 0.15) is 0 Å². The van der Waals surface area contributed by atoms with Crippen molar-refractivity contribution in [1.29, 1.82) is 0 Å². The van der Waals surface area contributed by atoms with Gasteiger partial charge >= 0.3 is 0 Å². The van der Waals surface area contributed by atoms with E-state index >= 15 is 0 Å². The molecule has 1 unspecified atom stereocenters. The molecular formula is C12H24BrNO. The van der Waals surface area contributed by atoms with E-state index < -0.39 is 4.32 Å². The quantitative estimate of drug-likeness (QED) is 0.708. The van der Waals surface area contributed by atoms with Crippen LogP contribution >= 0.6 is 15.9 Å². The van der Waals surface area contributed by atoms with Gasteiger partial charge in [0.2, 0.25) is 5.91 Å². The van der Waals surface area contributed by atoms with E-state index in [-0.39, 0.29) is 5.91 Å². The zero-order valence-electron chi connectivity index (χ0n) is 10.4. The molecule has 0 fully saturated rings. The SMILES string of the molecule is CCCCC(CCC)NC(=O)C(C)(C)Br. The van der Waals surface area contributed by atoms with Crippen molar-refractivity contribution in [3.8, 4) is 0 Å². The lowest BCUT2D eigenvalue weighted by molar-refractivity contribution is -0.123. The number of rotatable bonds is 7. The van der Waals surface area contributed by atoms with E-state index in [4.69, 9.17) is 0 Å². The summed E-state index contributed by atoms with van der Waals surface area (Å²) in [5.74, 6) is 0.0945. The first kappa shape index (κ1) is 14.9. The topological polar surface area (TPSA) is 29.1 Å². The molecule has 3 heteroatoms. The molecule has 1 N–H and O–H groups in total. The second-order valence-corrected chi connectivity index (χ2v) is 6.56. The van der Waals surface area contributed by atoms with Crippen LogP contribution in [0, 0.1) is 0 Å². The van der Waals surface area contributed by atoms with Gasteiger partial charge in [-0.05, 0) is 26.7 Å². The van der Waals surface area contributed by atoms with Crippen LogP contribution in [0.15, 0.2) is 0 Å². The molecule has 1 amide bonds. The second kappa shape index (κ2) is 7.26. The van der Waals surface area contributed by atoms with E-state index in [1.54, 1.807) is 0 Å². The monoisotopic (exact) mass is 277 g/mol. The van der Waals surface area contributed by atoms with Crippen LogP contribution in [-0.4, -0.2) is 16.3 Å². The molecule has 0 aliphatic carbocycles. The van der Waals surface area contributed by atoms with Gasteiger partial charge in [0.15, 0.2) is 0 Å². The van der Waals surface area contributed by atoms with Gasteiger partial charge in [-0.15, -0.1) is 0 Å². The first-order chi connectivity index (χ1) is 6.91. The smallest absolute Gasteiger partial charge is 0.236 e. The number of amides is 1. The third kappa shape index (κ3) is 6.93. The number of hydrogen-bond acceptors (Lipinski definition) is 1. The molecule has 0 aromatic heterocycles. The molecule has 15 heavy (non-hydrogen) atoms. The standard InChI is InChI=1S/C12H24BrNO/c1-5-7-9-10(8-6-2)14-11(15)12(3,4)13/h10H,5-9H2,1-4H3,(H,14,15). The average molecular weight is 278 g/mol. The maximum atomic E-state index is 11.8. The number of alkyl halides is 1. The molecule has 0 rings (SSSR count). The third-order valence-electron chi connectivity index (χ3n) is 2.42. The highest BCUT2D eigenvalue weighted by atomic mass is 79.9. The van der Waals surface area contributed by atoms with Gasteiger partial charge in [-0.1, -0.05) is 49.0 Å². The molecule has 0 aromatic carbocycles. The van der Waals surface area contributed by atoms with Crippen molar-refractivity contribution < 1.29 is 4.79 Å². The molecule has 0 aliphatic rings. The predicted molar refractivity (Wildman–Crippen MR) is 69.4 cm³/mol. The summed E-state index contributed by atoms with van der Waals surface area (Å²) in [7, 11) is 0. The van der Waals surface area contributed by atoms with Gasteiger partial charge in [-0.25, -0.2) is 0 Å². The van der Waals surface area contributed by atoms with Crippen LogP contribution in [0.4, 0.5) is 0 Å². The zero-order chi connectivity index (χ0) is 11.9. The molecule has 2 nitrogen and oxygen atoms in total. The molecule has 0 aliphatic heterocycles. The highest BCUT2D eigenvalue weighted by Crippen LogP contribution is 2.17. The maximum absolute atomic E-state index is 11.8. The summed E-state index contributed by atoms with van der Waals surface area (Å²) in [6, 6.07) is 0.347. The number of carbonyl (C=O) groups is 1. The Hall–Kier alpha value is -0.0500. The summed E-state index contributed by atoms with van der Waals surface area (Å²) in [5, 5.41) is 3.11. The molecule has 90 valence electrons. The molecule has 0 radical (unpaired) electrons. The fourth-order valence-electron chi connectivity index (χ4n) is 1.44. The Kier molecular flexibility index (Phi) is 7.24. The lowest BCUT2D eigenvalue weighted by atomic mass is 10.0. The van der Waals surface area contributed by atoms with E-state index in [1.165, 1.54) is 12.8 Å². The Labute approximate surface area is 102 Å². The zero-order valence-corrected chi connectivity index (χ0v) is 12.0. The number of carbonyl (C=O) groups excluding carboxylic acids is 1. The molecule has 0 spiro atoms. The van der Waals surface area contributed by atoms with Crippen molar-refractivity contribution in [3.05, 3.63) is 0 Å². The number of halogens is 1. The van der Waals surface area contributed by atoms with Crippen LogP contribution in [-0.2, 0) is 4.79 Å². The molecule has 1 atom stereocenters. The maximum Gasteiger partial charge on any atom is 0.236 e. The predicted octanol–water partition coefficient (Wildman–Crippen LogP) is 3.64. The first-order valence-electron chi connectivity index (χ1n) is 5.91. The van der Waals surface area contributed by atoms with E-state index in [2.05, 4.69) is 35.1 Å². The molecular weight excluding hydrogens is 254 g/mol. The molecule has 0 aromatic rings. The van der Waals surface area contributed by atoms with Crippen molar-refractivity contribution in [1.82, 2.24) is 5.32 Å². The summed E-state index contributed by atoms with van der Waals surface area (Å²) in [6.07, 6.45) is 5.67.